The summed E-state index contributed by atoms with van der Waals surface area (Å²) in [6, 6.07) is 18.1. The van der Waals surface area contributed by atoms with Crippen molar-refractivity contribution in [3.63, 3.8) is 0 Å². The van der Waals surface area contributed by atoms with Crippen molar-refractivity contribution < 1.29 is 14.0 Å². The van der Waals surface area contributed by atoms with Crippen LogP contribution in [0.5, 0.6) is 0 Å². The van der Waals surface area contributed by atoms with Crippen LogP contribution in [-0.2, 0) is 9.59 Å². The van der Waals surface area contributed by atoms with E-state index < -0.39 is 17.6 Å². The van der Waals surface area contributed by atoms with Crippen molar-refractivity contribution in [3.8, 4) is 0 Å². The summed E-state index contributed by atoms with van der Waals surface area (Å²) in [5.74, 6) is -1.41. The molecule has 4 rings (SSSR count). The second-order valence-corrected chi connectivity index (χ2v) is 8.65. The van der Waals surface area contributed by atoms with E-state index in [1.165, 1.54) is 36.0 Å². The Hall–Kier alpha value is -3.09. The minimum Gasteiger partial charge on any atom is -0.350 e. The number of imide groups is 1. The van der Waals surface area contributed by atoms with Gasteiger partial charge in [-0.15, -0.1) is 0 Å². The Kier molecular flexibility index (Phi) is 5.85. The van der Waals surface area contributed by atoms with Gasteiger partial charge in [0.05, 0.1) is 5.69 Å². The first kappa shape index (κ1) is 21.2. The van der Waals surface area contributed by atoms with Crippen LogP contribution >= 0.6 is 23.4 Å². The number of halogens is 2. The van der Waals surface area contributed by atoms with Gasteiger partial charge in [0.25, 0.3) is 11.8 Å². The lowest BCUT2D eigenvalue weighted by atomic mass is 10.1. The molecule has 31 heavy (non-hydrogen) atoms. The summed E-state index contributed by atoms with van der Waals surface area (Å²) in [7, 11) is 0. The summed E-state index contributed by atoms with van der Waals surface area (Å²) in [5, 5.41) is 3.73. The van der Waals surface area contributed by atoms with Crippen LogP contribution in [0.25, 0.3) is 0 Å². The Bertz CT molecular complexity index is 1210. The molecule has 0 atom stereocenters. The highest BCUT2D eigenvalue weighted by Gasteiger charge is 2.40. The average Bonchev–Trinajstić information content (AvgIpc) is 2.96. The van der Waals surface area contributed by atoms with Gasteiger partial charge in [-0.1, -0.05) is 41.1 Å². The third kappa shape index (κ3) is 4.36. The van der Waals surface area contributed by atoms with E-state index in [0.717, 1.165) is 26.6 Å². The van der Waals surface area contributed by atoms with E-state index in [2.05, 4.69) is 5.32 Å². The minimum absolute atomic E-state index is 0.182. The van der Waals surface area contributed by atoms with Crippen LogP contribution in [0.15, 0.2) is 82.2 Å². The van der Waals surface area contributed by atoms with Gasteiger partial charge in [0.2, 0.25) is 0 Å². The van der Waals surface area contributed by atoms with Crippen molar-refractivity contribution in [1.29, 1.82) is 0 Å². The van der Waals surface area contributed by atoms with Gasteiger partial charge in [0, 0.05) is 15.6 Å². The Labute approximate surface area is 188 Å². The third-order valence-electron chi connectivity index (χ3n) is 4.80. The Morgan fingerprint density at radius 3 is 2.23 bits per heavy atom. The van der Waals surface area contributed by atoms with Crippen molar-refractivity contribution >= 4 is 46.6 Å². The molecular formula is C24H18ClFN2O2S. The largest absolute Gasteiger partial charge is 0.350 e. The number of amides is 2. The molecule has 0 fully saturated rings. The fourth-order valence-corrected chi connectivity index (χ4v) is 4.30. The molecule has 1 N–H and O–H groups in total. The average molecular weight is 453 g/mol. The molecule has 7 heteroatoms. The molecule has 2 amide bonds. The van der Waals surface area contributed by atoms with Crippen LogP contribution in [0.2, 0.25) is 5.02 Å². The zero-order chi connectivity index (χ0) is 22.1. The summed E-state index contributed by atoms with van der Waals surface area (Å²) >= 11 is 7.15. The number of carbonyl (C=O) groups is 2. The van der Waals surface area contributed by atoms with E-state index in [9.17, 15) is 14.0 Å². The number of nitrogens with one attached hydrogen (secondary N) is 1. The van der Waals surface area contributed by atoms with Crippen LogP contribution in [0.3, 0.4) is 0 Å². The smallest absolute Gasteiger partial charge is 0.283 e. The first-order chi connectivity index (χ1) is 14.8. The first-order valence-electron chi connectivity index (χ1n) is 9.50. The molecule has 3 aromatic carbocycles. The molecule has 0 saturated heterocycles. The number of carbonyl (C=O) groups excluding carboxylic acids is 2. The lowest BCUT2D eigenvalue weighted by molar-refractivity contribution is -0.120. The number of aryl methyl sites for hydroxylation is 2. The zero-order valence-electron chi connectivity index (χ0n) is 16.8. The molecule has 4 nitrogen and oxygen atoms in total. The van der Waals surface area contributed by atoms with Gasteiger partial charge in [-0.25, -0.2) is 9.29 Å². The third-order valence-corrected chi connectivity index (χ3v) is 6.14. The SMILES string of the molecule is Cc1ccc(NC2=C(Sc3ccc(Cl)cc3)C(=O)N(c3ccc(F)cc3)C2=O)c(C)c1. The van der Waals surface area contributed by atoms with Gasteiger partial charge >= 0.3 is 0 Å². The Morgan fingerprint density at radius 1 is 0.903 bits per heavy atom. The predicted octanol–water partition coefficient (Wildman–Crippen LogP) is 6.09. The van der Waals surface area contributed by atoms with Crippen LogP contribution in [0.1, 0.15) is 11.1 Å². The van der Waals surface area contributed by atoms with Crippen LogP contribution in [-0.4, -0.2) is 11.8 Å². The molecule has 1 heterocycles. The van der Waals surface area contributed by atoms with E-state index in [-0.39, 0.29) is 10.6 Å². The number of benzene rings is 3. The molecule has 0 bridgehead atoms. The second-order valence-electron chi connectivity index (χ2n) is 7.13. The van der Waals surface area contributed by atoms with Crippen molar-refractivity contribution in [2.75, 3.05) is 10.2 Å². The molecule has 0 saturated carbocycles. The molecule has 3 aromatic rings. The van der Waals surface area contributed by atoms with Crippen LogP contribution in [0, 0.1) is 19.7 Å². The quantitative estimate of drug-likeness (QED) is 0.476. The van der Waals surface area contributed by atoms with Gasteiger partial charge in [-0.2, -0.15) is 0 Å². The molecule has 1 aliphatic rings. The van der Waals surface area contributed by atoms with Crippen molar-refractivity contribution in [1.82, 2.24) is 0 Å². The number of nitrogens with zero attached hydrogens (tertiary/aromatic N) is 1. The van der Waals surface area contributed by atoms with Crippen LogP contribution < -0.4 is 10.2 Å². The highest BCUT2D eigenvalue weighted by Crippen LogP contribution is 2.38. The molecular weight excluding hydrogens is 435 g/mol. The van der Waals surface area contributed by atoms with Crippen molar-refractivity contribution in [3.05, 3.63) is 99.3 Å². The van der Waals surface area contributed by atoms with Gasteiger partial charge < -0.3 is 5.32 Å². The number of hydrogen-bond acceptors (Lipinski definition) is 4. The minimum atomic E-state index is -0.493. The normalized spacial score (nSPS) is 13.9. The molecule has 1 aliphatic heterocycles. The molecule has 0 aliphatic carbocycles. The van der Waals surface area contributed by atoms with Crippen molar-refractivity contribution in [2.24, 2.45) is 0 Å². The number of hydrogen-bond donors (Lipinski definition) is 1. The van der Waals surface area contributed by atoms with Crippen LogP contribution in [0.4, 0.5) is 15.8 Å². The summed E-state index contributed by atoms with van der Waals surface area (Å²) in [5.41, 5.74) is 3.26. The fourth-order valence-electron chi connectivity index (χ4n) is 3.25. The van der Waals surface area contributed by atoms with Gasteiger partial charge in [0.15, 0.2) is 0 Å². The predicted molar refractivity (Wildman–Crippen MR) is 123 cm³/mol. The summed E-state index contributed by atoms with van der Waals surface area (Å²) < 4.78 is 13.4. The number of thioether (sulfide) groups is 1. The maximum absolute atomic E-state index is 13.4. The molecule has 156 valence electrons. The highest BCUT2D eigenvalue weighted by atomic mass is 35.5. The van der Waals surface area contributed by atoms with E-state index in [1.54, 1.807) is 24.3 Å². The van der Waals surface area contributed by atoms with E-state index in [4.69, 9.17) is 11.6 Å². The first-order valence-corrected chi connectivity index (χ1v) is 10.7. The number of rotatable bonds is 5. The second kappa shape index (κ2) is 8.57. The standard InChI is InChI=1S/C24H18ClFN2O2S/c1-14-3-12-20(15(2)13-14)27-21-22(31-19-10-4-16(25)5-11-19)24(30)28(23(21)29)18-8-6-17(26)7-9-18/h3-13,27H,1-2H3. The lowest BCUT2D eigenvalue weighted by Crippen LogP contribution is -2.32. The Balaban J connectivity index is 1.75. The van der Waals surface area contributed by atoms with Gasteiger partial charge in [-0.05, 0) is 74.0 Å². The van der Waals surface area contributed by atoms with E-state index in [0.29, 0.717) is 10.7 Å². The molecule has 0 aromatic heterocycles. The van der Waals surface area contributed by atoms with Gasteiger partial charge in [-0.3, -0.25) is 9.59 Å². The highest BCUT2D eigenvalue weighted by molar-refractivity contribution is 8.04. The van der Waals surface area contributed by atoms with E-state index in [1.807, 2.05) is 32.0 Å². The zero-order valence-corrected chi connectivity index (χ0v) is 18.4. The summed E-state index contributed by atoms with van der Waals surface area (Å²) in [6.07, 6.45) is 0. The lowest BCUT2D eigenvalue weighted by Gasteiger charge is -2.15. The Morgan fingerprint density at radius 2 is 1.58 bits per heavy atom. The monoisotopic (exact) mass is 452 g/mol. The summed E-state index contributed by atoms with van der Waals surface area (Å²) in [6.45, 7) is 3.92. The molecule has 0 spiro atoms. The van der Waals surface area contributed by atoms with Gasteiger partial charge in [0.1, 0.15) is 16.4 Å². The van der Waals surface area contributed by atoms with Crippen molar-refractivity contribution in [2.45, 2.75) is 18.7 Å². The summed E-state index contributed by atoms with van der Waals surface area (Å²) in [4.78, 5) is 28.7. The maximum Gasteiger partial charge on any atom is 0.283 e. The molecule has 0 unspecified atom stereocenters. The fraction of sp³-hybridized carbons (Fsp3) is 0.0833. The number of anilines is 2. The molecule has 0 radical (unpaired) electrons. The van der Waals surface area contributed by atoms with E-state index >= 15 is 0 Å². The topological polar surface area (TPSA) is 49.4 Å². The maximum atomic E-state index is 13.4.